The van der Waals surface area contributed by atoms with Crippen LogP contribution in [0.1, 0.15) is 31.4 Å². The van der Waals surface area contributed by atoms with Crippen molar-refractivity contribution >= 4 is 11.9 Å². The third kappa shape index (κ3) is 4.11. The highest BCUT2D eigenvalue weighted by atomic mass is 16.5. The smallest absolute Gasteiger partial charge is 0.378 e. The number of hydrogen-bond acceptors (Lipinski definition) is 6. The van der Waals surface area contributed by atoms with Crippen LogP contribution in [0.4, 0.5) is 0 Å². The topological polar surface area (TPSA) is 99.0 Å². The van der Waals surface area contributed by atoms with Gasteiger partial charge >= 0.3 is 5.97 Å². The van der Waals surface area contributed by atoms with Gasteiger partial charge in [0.25, 0.3) is 5.82 Å². The number of carbonyl (C=O) groups is 2. The molecule has 0 saturated carbocycles. The number of amides is 1. The lowest BCUT2D eigenvalue weighted by molar-refractivity contribution is -0.122. The van der Waals surface area contributed by atoms with E-state index in [1.807, 2.05) is 13.8 Å². The number of tetrazole rings is 1. The molecule has 0 aliphatic rings. The van der Waals surface area contributed by atoms with E-state index in [1.165, 1.54) is 0 Å². The van der Waals surface area contributed by atoms with Gasteiger partial charge in [0.1, 0.15) is 6.54 Å². The molecule has 1 aromatic heterocycles. The summed E-state index contributed by atoms with van der Waals surface area (Å²) in [5, 5.41) is 13.2. The molecule has 0 aliphatic heterocycles. The zero-order valence-electron chi connectivity index (χ0n) is 10.7. The van der Waals surface area contributed by atoms with Crippen LogP contribution in [0.15, 0.2) is 0 Å². The Morgan fingerprint density at radius 2 is 2.17 bits per heavy atom. The molecule has 0 atom stereocenters. The SMILES string of the molecule is CCOC(=O)c1nnnn1CC(=O)NCC(C)C. The van der Waals surface area contributed by atoms with Gasteiger partial charge < -0.3 is 10.1 Å². The van der Waals surface area contributed by atoms with Gasteiger partial charge in [0, 0.05) is 6.54 Å². The fourth-order valence-corrected chi connectivity index (χ4v) is 1.16. The molecule has 0 radical (unpaired) electrons. The zero-order valence-corrected chi connectivity index (χ0v) is 10.7. The van der Waals surface area contributed by atoms with Crippen LogP contribution >= 0.6 is 0 Å². The van der Waals surface area contributed by atoms with E-state index in [1.54, 1.807) is 6.92 Å². The van der Waals surface area contributed by atoms with Crippen LogP contribution in [0.25, 0.3) is 0 Å². The first-order chi connectivity index (χ1) is 8.54. The van der Waals surface area contributed by atoms with Gasteiger partial charge in [0.15, 0.2) is 0 Å². The van der Waals surface area contributed by atoms with Gasteiger partial charge in [-0.2, -0.15) is 0 Å². The fraction of sp³-hybridized carbons (Fsp3) is 0.700. The van der Waals surface area contributed by atoms with E-state index in [-0.39, 0.29) is 24.9 Å². The summed E-state index contributed by atoms with van der Waals surface area (Å²) >= 11 is 0. The first-order valence-corrected chi connectivity index (χ1v) is 5.74. The molecule has 100 valence electrons. The number of rotatable bonds is 6. The third-order valence-electron chi connectivity index (χ3n) is 1.99. The van der Waals surface area contributed by atoms with E-state index in [4.69, 9.17) is 4.74 Å². The summed E-state index contributed by atoms with van der Waals surface area (Å²) in [6.45, 7) is 6.35. The maximum absolute atomic E-state index is 11.6. The van der Waals surface area contributed by atoms with Gasteiger partial charge in [-0.25, -0.2) is 9.48 Å². The van der Waals surface area contributed by atoms with Crippen molar-refractivity contribution in [3.8, 4) is 0 Å². The van der Waals surface area contributed by atoms with Crippen molar-refractivity contribution in [1.82, 2.24) is 25.5 Å². The van der Waals surface area contributed by atoms with Crippen LogP contribution in [-0.4, -0.2) is 45.2 Å². The molecule has 0 bridgehead atoms. The van der Waals surface area contributed by atoms with Crippen molar-refractivity contribution < 1.29 is 14.3 Å². The summed E-state index contributed by atoms with van der Waals surface area (Å²) in [6.07, 6.45) is 0. The number of nitrogens with zero attached hydrogens (tertiary/aromatic N) is 4. The predicted molar refractivity (Wildman–Crippen MR) is 61.6 cm³/mol. The van der Waals surface area contributed by atoms with Gasteiger partial charge in [0.05, 0.1) is 6.61 Å². The number of aromatic nitrogens is 4. The fourth-order valence-electron chi connectivity index (χ4n) is 1.16. The Bertz CT molecular complexity index is 415. The lowest BCUT2D eigenvalue weighted by atomic mass is 10.2. The molecular formula is C10H17N5O3. The predicted octanol–water partition coefficient (Wildman–Crippen LogP) is -0.378. The van der Waals surface area contributed by atoms with E-state index in [0.29, 0.717) is 12.5 Å². The third-order valence-corrected chi connectivity index (χ3v) is 1.99. The van der Waals surface area contributed by atoms with Gasteiger partial charge in [-0.15, -0.1) is 5.10 Å². The second kappa shape index (κ2) is 6.67. The van der Waals surface area contributed by atoms with E-state index in [2.05, 4.69) is 20.8 Å². The molecule has 8 heteroatoms. The van der Waals surface area contributed by atoms with Crippen molar-refractivity contribution in [2.45, 2.75) is 27.3 Å². The number of carbonyl (C=O) groups excluding carboxylic acids is 2. The molecule has 1 heterocycles. The molecule has 1 amide bonds. The maximum atomic E-state index is 11.6. The quantitative estimate of drug-likeness (QED) is 0.696. The van der Waals surface area contributed by atoms with Crippen LogP contribution in [0.3, 0.4) is 0 Å². The molecule has 1 aromatic rings. The molecule has 0 aromatic carbocycles. The van der Waals surface area contributed by atoms with Gasteiger partial charge in [0.2, 0.25) is 5.91 Å². The van der Waals surface area contributed by atoms with Crippen LogP contribution in [-0.2, 0) is 16.1 Å². The van der Waals surface area contributed by atoms with Crippen molar-refractivity contribution in [1.29, 1.82) is 0 Å². The molecule has 0 saturated heterocycles. The van der Waals surface area contributed by atoms with Crippen LogP contribution in [0.2, 0.25) is 0 Å². The van der Waals surface area contributed by atoms with Crippen LogP contribution in [0.5, 0.6) is 0 Å². The Kier molecular flexibility index (Phi) is 5.22. The second-order valence-corrected chi connectivity index (χ2v) is 4.08. The molecule has 0 fully saturated rings. The summed E-state index contributed by atoms with van der Waals surface area (Å²) in [5.41, 5.74) is 0. The maximum Gasteiger partial charge on any atom is 0.378 e. The van der Waals surface area contributed by atoms with E-state index >= 15 is 0 Å². The van der Waals surface area contributed by atoms with Gasteiger partial charge in [-0.05, 0) is 23.3 Å². The van der Waals surface area contributed by atoms with Crippen molar-refractivity contribution in [3.05, 3.63) is 5.82 Å². The number of esters is 1. The molecular weight excluding hydrogens is 238 g/mol. The minimum atomic E-state index is -0.640. The second-order valence-electron chi connectivity index (χ2n) is 4.08. The van der Waals surface area contributed by atoms with Crippen molar-refractivity contribution in [3.63, 3.8) is 0 Å². The number of hydrogen-bond donors (Lipinski definition) is 1. The summed E-state index contributed by atoms with van der Waals surface area (Å²) < 4.78 is 5.89. The van der Waals surface area contributed by atoms with Crippen molar-refractivity contribution in [2.75, 3.05) is 13.2 Å². The minimum absolute atomic E-state index is 0.0726. The molecule has 8 nitrogen and oxygen atoms in total. The minimum Gasteiger partial charge on any atom is -0.460 e. The molecule has 0 aliphatic carbocycles. The summed E-state index contributed by atoms with van der Waals surface area (Å²) in [6, 6.07) is 0. The standard InChI is InChI=1S/C10H17N5O3/c1-4-18-10(17)9-12-13-14-15(9)6-8(16)11-5-7(2)3/h7H,4-6H2,1-3H3,(H,11,16). The highest BCUT2D eigenvalue weighted by molar-refractivity contribution is 5.86. The Hall–Kier alpha value is -1.99. The van der Waals surface area contributed by atoms with E-state index in [9.17, 15) is 9.59 Å². The van der Waals surface area contributed by atoms with Crippen LogP contribution in [0, 0.1) is 5.92 Å². The summed E-state index contributed by atoms with van der Waals surface area (Å²) in [7, 11) is 0. The summed E-state index contributed by atoms with van der Waals surface area (Å²) in [5.74, 6) is -0.607. The average Bonchev–Trinajstić information content (AvgIpc) is 2.75. The largest absolute Gasteiger partial charge is 0.460 e. The Balaban J connectivity index is 2.59. The first kappa shape index (κ1) is 14.1. The Labute approximate surface area is 105 Å². The van der Waals surface area contributed by atoms with Gasteiger partial charge in [-0.3, -0.25) is 4.79 Å². The van der Waals surface area contributed by atoms with E-state index < -0.39 is 5.97 Å². The molecule has 1 rings (SSSR count). The number of nitrogens with one attached hydrogen (secondary N) is 1. The first-order valence-electron chi connectivity index (χ1n) is 5.74. The number of ether oxygens (including phenoxy) is 1. The molecule has 1 N–H and O–H groups in total. The highest BCUT2D eigenvalue weighted by Gasteiger charge is 2.18. The average molecular weight is 255 g/mol. The summed E-state index contributed by atoms with van der Waals surface area (Å²) in [4.78, 5) is 23.0. The monoisotopic (exact) mass is 255 g/mol. The normalized spacial score (nSPS) is 10.4. The Morgan fingerprint density at radius 3 is 2.78 bits per heavy atom. The van der Waals surface area contributed by atoms with E-state index in [0.717, 1.165) is 4.68 Å². The Morgan fingerprint density at radius 1 is 1.44 bits per heavy atom. The van der Waals surface area contributed by atoms with Crippen molar-refractivity contribution in [2.24, 2.45) is 5.92 Å². The zero-order chi connectivity index (χ0) is 13.5. The highest BCUT2D eigenvalue weighted by Crippen LogP contribution is 1.96. The molecule has 0 unspecified atom stereocenters. The van der Waals surface area contributed by atoms with Crippen LogP contribution < -0.4 is 5.32 Å². The van der Waals surface area contributed by atoms with Gasteiger partial charge in [-0.1, -0.05) is 13.8 Å². The lowest BCUT2D eigenvalue weighted by Gasteiger charge is -2.07. The molecule has 18 heavy (non-hydrogen) atoms. The molecule has 0 spiro atoms. The lowest BCUT2D eigenvalue weighted by Crippen LogP contribution is -2.32.